The number of pyridine rings is 2. The summed E-state index contributed by atoms with van der Waals surface area (Å²) in [6.07, 6.45) is 6.30. The number of hydrogen-bond donors (Lipinski definition) is 0. The molecule has 0 amide bonds. The first-order valence-corrected chi connectivity index (χ1v) is 5.39. The standard InChI is InChI=1S/C12H13N3/c1-2-7-15(6-1)12-8-11-10(9-14-12)4-3-5-13-11/h3-5,8-9H,1-2,6-7H2. The van der Waals surface area contributed by atoms with Crippen molar-refractivity contribution in [1.29, 1.82) is 0 Å². The largest absolute Gasteiger partial charge is 0.357 e. The second kappa shape index (κ2) is 3.50. The Hall–Kier alpha value is -1.64. The number of hydrogen-bond acceptors (Lipinski definition) is 3. The third-order valence-corrected chi connectivity index (χ3v) is 2.90. The lowest BCUT2D eigenvalue weighted by Gasteiger charge is -2.16. The molecule has 0 saturated carbocycles. The predicted molar refractivity (Wildman–Crippen MR) is 61.0 cm³/mol. The van der Waals surface area contributed by atoms with Gasteiger partial charge in [-0.05, 0) is 25.0 Å². The van der Waals surface area contributed by atoms with Gasteiger partial charge in [-0.3, -0.25) is 4.98 Å². The van der Waals surface area contributed by atoms with Crippen LogP contribution in [-0.2, 0) is 0 Å². The van der Waals surface area contributed by atoms with Crippen molar-refractivity contribution in [3.63, 3.8) is 0 Å². The van der Waals surface area contributed by atoms with Crippen LogP contribution in [0.3, 0.4) is 0 Å². The lowest BCUT2D eigenvalue weighted by atomic mass is 10.2. The lowest BCUT2D eigenvalue weighted by molar-refractivity contribution is 0.940. The molecule has 0 aromatic carbocycles. The maximum absolute atomic E-state index is 4.47. The van der Waals surface area contributed by atoms with Crippen LogP contribution in [-0.4, -0.2) is 23.1 Å². The molecule has 1 saturated heterocycles. The molecule has 1 fully saturated rings. The summed E-state index contributed by atoms with van der Waals surface area (Å²) in [6, 6.07) is 6.07. The number of aromatic nitrogens is 2. The van der Waals surface area contributed by atoms with E-state index in [0.717, 1.165) is 29.8 Å². The van der Waals surface area contributed by atoms with Gasteiger partial charge in [-0.2, -0.15) is 0 Å². The molecule has 1 aliphatic rings. The highest BCUT2D eigenvalue weighted by Crippen LogP contribution is 2.20. The van der Waals surface area contributed by atoms with Gasteiger partial charge in [0.05, 0.1) is 5.52 Å². The number of rotatable bonds is 1. The Labute approximate surface area is 88.8 Å². The SMILES string of the molecule is c1cnc2cc(N3CCCC3)ncc2c1. The second-order valence-corrected chi connectivity index (χ2v) is 3.93. The molecule has 0 radical (unpaired) electrons. The fourth-order valence-corrected chi connectivity index (χ4v) is 2.07. The third kappa shape index (κ3) is 1.54. The van der Waals surface area contributed by atoms with E-state index >= 15 is 0 Å². The van der Waals surface area contributed by atoms with Crippen LogP contribution in [0.2, 0.25) is 0 Å². The zero-order valence-electron chi connectivity index (χ0n) is 8.56. The van der Waals surface area contributed by atoms with Crippen molar-refractivity contribution < 1.29 is 0 Å². The van der Waals surface area contributed by atoms with Gasteiger partial charge in [-0.1, -0.05) is 0 Å². The van der Waals surface area contributed by atoms with Crippen LogP contribution >= 0.6 is 0 Å². The van der Waals surface area contributed by atoms with Crippen LogP contribution in [0.25, 0.3) is 10.9 Å². The molecule has 0 aliphatic carbocycles. The first kappa shape index (κ1) is 8.65. The molecule has 1 aliphatic heterocycles. The van der Waals surface area contributed by atoms with Crippen molar-refractivity contribution in [2.24, 2.45) is 0 Å². The minimum absolute atomic E-state index is 1.04. The minimum Gasteiger partial charge on any atom is -0.357 e. The molecule has 0 spiro atoms. The van der Waals surface area contributed by atoms with Gasteiger partial charge in [0.25, 0.3) is 0 Å². The summed E-state index contributed by atoms with van der Waals surface area (Å²) in [5.41, 5.74) is 1.04. The van der Waals surface area contributed by atoms with Crippen molar-refractivity contribution in [2.45, 2.75) is 12.8 Å². The molecule has 0 unspecified atom stereocenters. The molecular formula is C12H13N3. The molecule has 0 bridgehead atoms. The van der Waals surface area contributed by atoms with Crippen LogP contribution in [0, 0.1) is 0 Å². The molecule has 76 valence electrons. The molecule has 3 rings (SSSR count). The first-order valence-electron chi connectivity index (χ1n) is 5.39. The van der Waals surface area contributed by atoms with Gasteiger partial charge in [0.1, 0.15) is 5.82 Å². The Bertz CT molecular complexity index is 475. The lowest BCUT2D eigenvalue weighted by Crippen LogP contribution is -2.18. The van der Waals surface area contributed by atoms with Crippen molar-refractivity contribution in [1.82, 2.24) is 9.97 Å². The van der Waals surface area contributed by atoms with Crippen LogP contribution in [0.1, 0.15) is 12.8 Å². The van der Waals surface area contributed by atoms with E-state index in [1.807, 2.05) is 24.5 Å². The van der Waals surface area contributed by atoms with Crippen LogP contribution in [0.4, 0.5) is 5.82 Å². The highest BCUT2D eigenvalue weighted by molar-refractivity contribution is 5.79. The molecule has 0 N–H and O–H groups in total. The summed E-state index contributed by atoms with van der Waals surface area (Å²) in [6.45, 7) is 2.26. The van der Waals surface area contributed by atoms with Crippen LogP contribution in [0.15, 0.2) is 30.6 Å². The molecule has 2 aromatic heterocycles. The van der Waals surface area contributed by atoms with E-state index < -0.39 is 0 Å². The minimum atomic E-state index is 1.04. The highest BCUT2D eigenvalue weighted by atomic mass is 15.2. The van der Waals surface area contributed by atoms with Gasteiger partial charge < -0.3 is 4.90 Å². The zero-order chi connectivity index (χ0) is 10.1. The summed E-state index contributed by atoms with van der Waals surface area (Å²) in [4.78, 5) is 11.1. The third-order valence-electron chi connectivity index (χ3n) is 2.90. The quantitative estimate of drug-likeness (QED) is 0.705. The van der Waals surface area contributed by atoms with Gasteiger partial charge in [-0.15, -0.1) is 0 Å². The summed E-state index contributed by atoms with van der Waals surface area (Å²) in [7, 11) is 0. The summed E-state index contributed by atoms with van der Waals surface area (Å²) >= 11 is 0. The maximum atomic E-state index is 4.47. The van der Waals surface area contributed by atoms with Crippen molar-refractivity contribution in [3.8, 4) is 0 Å². The number of nitrogens with zero attached hydrogens (tertiary/aromatic N) is 3. The van der Waals surface area contributed by atoms with Crippen LogP contribution < -0.4 is 4.90 Å². The fourth-order valence-electron chi connectivity index (χ4n) is 2.07. The number of fused-ring (bicyclic) bond motifs is 1. The zero-order valence-corrected chi connectivity index (χ0v) is 8.56. The summed E-state index contributed by atoms with van der Waals surface area (Å²) in [5.74, 6) is 1.07. The molecule has 3 nitrogen and oxygen atoms in total. The summed E-state index contributed by atoms with van der Waals surface area (Å²) in [5, 5.41) is 1.11. The van der Waals surface area contributed by atoms with Gasteiger partial charge in [0, 0.05) is 36.9 Å². The van der Waals surface area contributed by atoms with Crippen molar-refractivity contribution >= 4 is 16.7 Å². The smallest absolute Gasteiger partial charge is 0.130 e. The Morgan fingerprint density at radius 3 is 2.87 bits per heavy atom. The van der Waals surface area contributed by atoms with E-state index in [2.05, 4.69) is 20.9 Å². The van der Waals surface area contributed by atoms with Crippen molar-refractivity contribution in [3.05, 3.63) is 30.6 Å². The number of anilines is 1. The monoisotopic (exact) mass is 199 g/mol. The summed E-state index contributed by atoms with van der Waals surface area (Å²) < 4.78 is 0. The van der Waals surface area contributed by atoms with Gasteiger partial charge in [0.15, 0.2) is 0 Å². The average molecular weight is 199 g/mol. The van der Waals surface area contributed by atoms with Gasteiger partial charge in [0.2, 0.25) is 0 Å². The average Bonchev–Trinajstić information content (AvgIpc) is 2.82. The Kier molecular flexibility index (Phi) is 2.02. The van der Waals surface area contributed by atoms with E-state index in [0.29, 0.717) is 0 Å². The molecule has 3 heterocycles. The topological polar surface area (TPSA) is 29.0 Å². The molecule has 15 heavy (non-hydrogen) atoms. The van der Waals surface area contributed by atoms with E-state index in [4.69, 9.17) is 0 Å². The maximum Gasteiger partial charge on any atom is 0.130 e. The Balaban J connectivity index is 2.05. The second-order valence-electron chi connectivity index (χ2n) is 3.93. The first-order chi connectivity index (χ1) is 7.43. The van der Waals surface area contributed by atoms with E-state index in [1.54, 1.807) is 0 Å². The Morgan fingerprint density at radius 2 is 2.00 bits per heavy atom. The molecule has 2 aromatic rings. The van der Waals surface area contributed by atoms with E-state index in [9.17, 15) is 0 Å². The van der Waals surface area contributed by atoms with E-state index in [-0.39, 0.29) is 0 Å². The van der Waals surface area contributed by atoms with Gasteiger partial charge >= 0.3 is 0 Å². The Morgan fingerprint density at radius 1 is 1.13 bits per heavy atom. The van der Waals surface area contributed by atoms with E-state index in [1.165, 1.54) is 12.8 Å². The molecule has 3 heteroatoms. The normalized spacial score (nSPS) is 16.1. The highest BCUT2D eigenvalue weighted by Gasteiger charge is 2.13. The van der Waals surface area contributed by atoms with Gasteiger partial charge in [-0.25, -0.2) is 4.98 Å². The van der Waals surface area contributed by atoms with Crippen molar-refractivity contribution in [2.75, 3.05) is 18.0 Å². The fraction of sp³-hybridized carbons (Fsp3) is 0.333. The molecular weight excluding hydrogens is 186 g/mol. The van der Waals surface area contributed by atoms with Crippen LogP contribution in [0.5, 0.6) is 0 Å². The predicted octanol–water partition coefficient (Wildman–Crippen LogP) is 2.23. The molecule has 0 atom stereocenters.